The third kappa shape index (κ3) is 6.16. The van der Waals surface area contributed by atoms with Crippen LogP contribution in [0.1, 0.15) is 0 Å². The minimum Gasteiger partial charge on any atom is -0.480 e. The van der Waals surface area contributed by atoms with Gasteiger partial charge in [0.2, 0.25) is 11.8 Å². The van der Waals surface area contributed by atoms with Crippen LogP contribution in [0.3, 0.4) is 0 Å². The second kappa shape index (κ2) is 7.62. The van der Waals surface area contributed by atoms with Gasteiger partial charge in [-0.15, -0.1) is 0 Å². The number of carboxylic acids is 1. The third-order valence-corrected chi connectivity index (χ3v) is 2.46. The molecule has 2 amide bonds. The molecule has 1 saturated heterocycles. The van der Waals surface area contributed by atoms with Gasteiger partial charge in [-0.3, -0.25) is 19.3 Å². The molecule has 0 radical (unpaired) electrons. The van der Waals surface area contributed by atoms with Crippen molar-refractivity contribution in [3.8, 4) is 0 Å². The lowest BCUT2D eigenvalue weighted by Gasteiger charge is -2.26. The molecule has 0 saturated carbocycles. The number of carboxylic acid groups (broad SMARTS) is 1. The van der Waals surface area contributed by atoms with E-state index in [0.717, 1.165) is 26.2 Å². The van der Waals surface area contributed by atoms with Gasteiger partial charge in [-0.05, 0) is 0 Å². The van der Waals surface area contributed by atoms with Crippen molar-refractivity contribution < 1.29 is 19.5 Å². The summed E-state index contributed by atoms with van der Waals surface area (Å²) in [5.41, 5.74) is 0. The van der Waals surface area contributed by atoms with E-state index in [1.165, 1.54) is 0 Å². The monoisotopic (exact) mass is 258 g/mol. The zero-order valence-electron chi connectivity index (χ0n) is 10.1. The summed E-state index contributed by atoms with van der Waals surface area (Å²) in [7, 11) is 0. The molecular formula is C10H18N4O4. The van der Waals surface area contributed by atoms with Crippen LogP contribution in [0.4, 0.5) is 0 Å². The summed E-state index contributed by atoms with van der Waals surface area (Å²) in [5.74, 6) is -1.86. The molecule has 1 rings (SSSR count). The van der Waals surface area contributed by atoms with Gasteiger partial charge in [0.1, 0.15) is 6.54 Å². The maximum atomic E-state index is 11.5. The Labute approximate surface area is 105 Å². The van der Waals surface area contributed by atoms with Crippen LogP contribution >= 0.6 is 0 Å². The lowest BCUT2D eigenvalue weighted by atomic mass is 10.3. The molecule has 102 valence electrons. The molecule has 8 heteroatoms. The van der Waals surface area contributed by atoms with Crippen LogP contribution < -0.4 is 16.0 Å². The molecule has 18 heavy (non-hydrogen) atoms. The summed E-state index contributed by atoms with van der Waals surface area (Å²) in [5, 5.41) is 16.1. The predicted molar refractivity (Wildman–Crippen MR) is 63.0 cm³/mol. The molecule has 0 aromatic heterocycles. The topological polar surface area (TPSA) is 111 Å². The fourth-order valence-corrected chi connectivity index (χ4v) is 1.54. The summed E-state index contributed by atoms with van der Waals surface area (Å²) >= 11 is 0. The number of aliphatic carboxylic acids is 1. The summed E-state index contributed by atoms with van der Waals surface area (Å²) in [6.45, 7) is 2.94. The highest BCUT2D eigenvalue weighted by Gasteiger charge is 2.13. The van der Waals surface area contributed by atoms with Crippen LogP contribution in [0, 0.1) is 0 Å². The Hall–Kier alpha value is -1.67. The van der Waals surface area contributed by atoms with Gasteiger partial charge in [0.05, 0.1) is 13.1 Å². The molecule has 0 spiro atoms. The van der Waals surface area contributed by atoms with Crippen LogP contribution in [-0.2, 0) is 14.4 Å². The molecule has 0 unspecified atom stereocenters. The first-order chi connectivity index (χ1) is 8.58. The van der Waals surface area contributed by atoms with E-state index < -0.39 is 18.4 Å². The standard InChI is InChI=1S/C10H18N4O4/c15-8(13-6-10(17)18)5-12-9(16)7-14-3-1-11-2-4-14/h11H,1-7H2,(H,12,16)(H,13,15)(H,17,18). The zero-order chi connectivity index (χ0) is 13.4. The van der Waals surface area contributed by atoms with Crippen molar-refractivity contribution in [3.63, 3.8) is 0 Å². The van der Waals surface area contributed by atoms with E-state index >= 15 is 0 Å². The average Bonchev–Trinajstić information content (AvgIpc) is 2.35. The molecule has 0 bridgehead atoms. The number of carbonyl (C=O) groups is 3. The molecule has 1 fully saturated rings. The summed E-state index contributed by atoms with van der Waals surface area (Å²) < 4.78 is 0. The average molecular weight is 258 g/mol. The van der Waals surface area contributed by atoms with Crippen LogP contribution in [0.15, 0.2) is 0 Å². The quantitative estimate of drug-likeness (QED) is 0.410. The van der Waals surface area contributed by atoms with Gasteiger partial charge >= 0.3 is 5.97 Å². The Morgan fingerprint density at radius 1 is 1.06 bits per heavy atom. The molecule has 0 aliphatic carbocycles. The molecule has 1 heterocycles. The number of carbonyl (C=O) groups excluding carboxylic acids is 2. The Morgan fingerprint density at radius 3 is 2.28 bits per heavy atom. The largest absolute Gasteiger partial charge is 0.480 e. The number of hydrogen-bond donors (Lipinski definition) is 4. The fourth-order valence-electron chi connectivity index (χ4n) is 1.54. The second-order valence-electron chi connectivity index (χ2n) is 3.97. The van der Waals surface area contributed by atoms with Crippen molar-refractivity contribution in [1.82, 2.24) is 20.9 Å². The predicted octanol–water partition coefficient (Wildman–Crippen LogP) is -2.79. The van der Waals surface area contributed by atoms with E-state index in [2.05, 4.69) is 16.0 Å². The van der Waals surface area contributed by atoms with E-state index in [9.17, 15) is 14.4 Å². The maximum absolute atomic E-state index is 11.5. The summed E-state index contributed by atoms with van der Waals surface area (Å²) in [6, 6.07) is 0. The Bertz CT molecular complexity index is 315. The molecule has 8 nitrogen and oxygen atoms in total. The van der Waals surface area contributed by atoms with Crippen molar-refractivity contribution in [2.75, 3.05) is 45.8 Å². The first kappa shape index (κ1) is 14.4. The Morgan fingerprint density at radius 2 is 1.67 bits per heavy atom. The SMILES string of the molecule is O=C(O)CNC(=O)CNC(=O)CN1CCNCC1. The fraction of sp³-hybridized carbons (Fsp3) is 0.700. The maximum Gasteiger partial charge on any atom is 0.322 e. The smallest absolute Gasteiger partial charge is 0.322 e. The van der Waals surface area contributed by atoms with Crippen LogP contribution in [0.5, 0.6) is 0 Å². The van der Waals surface area contributed by atoms with Crippen LogP contribution in [0.2, 0.25) is 0 Å². The molecular weight excluding hydrogens is 240 g/mol. The van der Waals surface area contributed by atoms with Crippen molar-refractivity contribution in [1.29, 1.82) is 0 Å². The van der Waals surface area contributed by atoms with E-state index in [1.807, 2.05) is 4.90 Å². The minimum atomic E-state index is -1.12. The van der Waals surface area contributed by atoms with E-state index in [4.69, 9.17) is 5.11 Å². The van der Waals surface area contributed by atoms with Gasteiger partial charge in [-0.1, -0.05) is 0 Å². The van der Waals surface area contributed by atoms with Gasteiger partial charge in [-0.2, -0.15) is 0 Å². The van der Waals surface area contributed by atoms with Crippen LogP contribution in [0.25, 0.3) is 0 Å². The van der Waals surface area contributed by atoms with Gasteiger partial charge < -0.3 is 21.1 Å². The summed E-state index contributed by atoms with van der Waals surface area (Å²) in [6.07, 6.45) is 0. The van der Waals surface area contributed by atoms with Gasteiger partial charge in [-0.25, -0.2) is 0 Å². The highest BCUT2D eigenvalue weighted by Crippen LogP contribution is 1.90. The lowest BCUT2D eigenvalue weighted by Crippen LogP contribution is -2.48. The van der Waals surface area contributed by atoms with E-state index in [0.29, 0.717) is 0 Å². The Balaban J connectivity index is 2.12. The number of rotatable bonds is 6. The summed E-state index contributed by atoms with van der Waals surface area (Å²) in [4.78, 5) is 34.8. The molecule has 1 aliphatic rings. The molecule has 0 aromatic rings. The minimum absolute atomic E-state index is 0.196. The number of piperazine rings is 1. The van der Waals surface area contributed by atoms with Gasteiger partial charge in [0.25, 0.3) is 0 Å². The van der Waals surface area contributed by atoms with Crippen molar-refractivity contribution in [3.05, 3.63) is 0 Å². The highest BCUT2D eigenvalue weighted by molar-refractivity contribution is 5.87. The first-order valence-electron chi connectivity index (χ1n) is 5.76. The number of nitrogens with one attached hydrogen (secondary N) is 3. The molecule has 0 aromatic carbocycles. The number of nitrogens with zero attached hydrogens (tertiary/aromatic N) is 1. The normalized spacial score (nSPS) is 16.0. The highest BCUT2D eigenvalue weighted by atomic mass is 16.4. The van der Waals surface area contributed by atoms with Crippen molar-refractivity contribution >= 4 is 17.8 Å². The number of amides is 2. The van der Waals surface area contributed by atoms with Gasteiger partial charge in [0.15, 0.2) is 0 Å². The van der Waals surface area contributed by atoms with Crippen molar-refractivity contribution in [2.24, 2.45) is 0 Å². The second-order valence-corrected chi connectivity index (χ2v) is 3.97. The Kier molecular flexibility index (Phi) is 6.09. The molecule has 1 aliphatic heterocycles. The van der Waals surface area contributed by atoms with Crippen molar-refractivity contribution in [2.45, 2.75) is 0 Å². The molecule has 0 atom stereocenters. The third-order valence-electron chi connectivity index (χ3n) is 2.46. The van der Waals surface area contributed by atoms with Gasteiger partial charge in [0, 0.05) is 26.2 Å². The lowest BCUT2D eigenvalue weighted by molar-refractivity contribution is -0.137. The van der Waals surface area contributed by atoms with E-state index in [-0.39, 0.29) is 19.0 Å². The van der Waals surface area contributed by atoms with E-state index in [1.54, 1.807) is 0 Å². The first-order valence-corrected chi connectivity index (χ1v) is 5.76. The number of hydrogen-bond acceptors (Lipinski definition) is 5. The van der Waals surface area contributed by atoms with Crippen LogP contribution in [-0.4, -0.2) is 73.6 Å². The molecule has 4 N–H and O–H groups in total. The zero-order valence-corrected chi connectivity index (χ0v) is 10.1.